The number of ether oxygens (including phenoxy) is 4. The largest absolute Gasteiger partial charge is 0.386 e. The Hall–Kier alpha value is -1.96. The Morgan fingerprint density at radius 2 is 1.77 bits per heavy atom. The second-order valence-electron chi connectivity index (χ2n) is 16.0. The molecular formula is C37H49NO5. The van der Waals surface area contributed by atoms with Crippen LogP contribution < -0.4 is 0 Å². The summed E-state index contributed by atoms with van der Waals surface area (Å²) in [6.45, 7) is 17.5. The molecule has 232 valence electrons. The van der Waals surface area contributed by atoms with Crippen molar-refractivity contribution in [2.75, 3.05) is 0 Å². The highest BCUT2D eigenvalue weighted by Crippen LogP contribution is 2.75. The van der Waals surface area contributed by atoms with Crippen LogP contribution in [0.1, 0.15) is 97.9 Å². The Morgan fingerprint density at radius 1 is 0.977 bits per heavy atom. The lowest BCUT2D eigenvalue weighted by Crippen LogP contribution is -2.77. The summed E-state index contributed by atoms with van der Waals surface area (Å²) in [6.07, 6.45) is 8.43. The molecule has 1 aromatic heterocycles. The van der Waals surface area contributed by atoms with Gasteiger partial charge in [0.25, 0.3) is 0 Å². The van der Waals surface area contributed by atoms with Gasteiger partial charge in [-0.15, -0.1) is 0 Å². The van der Waals surface area contributed by atoms with Crippen molar-refractivity contribution in [2.24, 2.45) is 11.3 Å². The highest BCUT2D eigenvalue weighted by molar-refractivity contribution is 5.89. The van der Waals surface area contributed by atoms with E-state index in [0.717, 1.165) is 44.1 Å². The number of nitrogens with one attached hydrogen (secondary N) is 1. The van der Waals surface area contributed by atoms with Crippen LogP contribution in [-0.4, -0.2) is 57.6 Å². The van der Waals surface area contributed by atoms with E-state index in [1.54, 1.807) is 0 Å². The number of epoxide rings is 1. The first kappa shape index (κ1) is 28.5. The van der Waals surface area contributed by atoms with Gasteiger partial charge in [0.05, 0.1) is 11.7 Å². The molecule has 2 aromatic rings. The van der Waals surface area contributed by atoms with Gasteiger partial charge in [-0.1, -0.05) is 43.2 Å². The lowest BCUT2D eigenvalue weighted by atomic mass is 9.40. The van der Waals surface area contributed by atoms with Crippen LogP contribution in [0.3, 0.4) is 0 Å². The standard InChI is InChI=1S/C37H49NO5/c1-20(2)12-13-22-10-9-11-25-28(22)24-19-23-14-17-36(39)34(7,35(23,8)30(24)38-25)16-15-26-37(36)32(43-37)29-31(40-26)33(5,6)42-27(41-29)18-21(3)4/h9-12,18,23,26-27,29,31-32,38-39H,13-17,19H2,1-8H3/t23-,26-,27-,29+,31-,32+,34+,35+,36-,37-/m0/s1. The fourth-order valence-electron chi connectivity index (χ4n) is 10.6. The smallest absolute Gasteiger partial charge is 0.178 e. The van der Waals surface area contributed by atoms with Gasteiger partial charge in [0.1, 0.15) is 23.9 Å². The number of rotatable bonds is 3. The van der Waals surface area contributed by atoms with E-state index < -0.39 is 28.5 Å². The third-order valence-corrected chi connectivity index (χ3v) is 12.9. The molecule has 0 radical (unpaired) electrons. The van der Waals surface area contributed by atoms with E-state index in [9.17, 15) is 5.11 Å². The average molecular weight is 588 g/mol. The van der Waals surface area contributed by atoms with Gasteiger partial charge < -0.3 is 29.0 Å². The molecule has 6 nitrogen and oxygen atoms in total. The maximum absolute atomic E-state index is 13.3. The predicted molar refractivity (Wildman–Crippen MR) is 167 cm³/mol. The van der Waals surface area contributed by atoms with E-state index in [4.69, 9.17) is 18.9 Å². The van der Waals surface area contributed by atoms with Crippen LogP contribution in [0.2, 0.25) is 0 Å². The lowest BCUT2D eigenvalue weighted by Gasteiger charge is -2.66. The molecular weight excluding hydrogens is 538 g/mol. The summed E-state index contributed by atoms with van der Waals surface area (Å²) < 4.78 is 26.7. The van der Waals surface area contributed by atoms with Crippen molar-refractivity contribution >= 4 is 10.9 Å². The molecule has 3 aliphatic heterocycles. The highest BCUT2D eigenvalue weighted by Gasteiger charge is 2.87. The molecule has 3 saturated heterocycles. The predicted octanol–water partition coefficient (Wildman–Crippen LogP) is 6.82. The zero-order valence-electron chi connectivity index (χ0n) is 27.2. The normalized spacial score (nSPS) is 45.1. The van der Waals surface area contributed by atoms with Crippen LogP contribution in [0, 0.1) is 11.3 Å². The summed E-state index contributed by atoms with van der Waals surface area (Å²) in [4.78, 5) is 3.95. The van der Waals surface area contributed by atoms with Crippen molar-refractivity contribution in [2.45, 2.75) is 147 Å². The minimum atomic E-state index is -1.04. The summed E-state index contributed by atoms with van der Waals surface area (Å²) in [7, 11) is 0. The molecule has 4 heterocycles. The molecule has 6 aliphatic rings. The SMILES string of the molecule is CC(C)=CCc1cccc2[nH]c3c(c12)C[C@@H]1CC[C@@]2(O)[C@@]45O[C@@H]4[C@@H]4O[C@H](C=C(C)C)OC(C)(C)[C@H]4O[C@H]5CC[C@]2(C)[C@@]31C. The molecule has 2 saturated carbocycles. The molecule has 1 aromatic carbocycles. The number of H-pyrrole nitrogens is 1. The molecule has 1 spiro atoms. The molecule has 0 amide bonds. The van der Waals surface area contributed by atoms with Gasteiger partial charge in [-0.25, -0.2) is 0 Å². The summed E-state index contributed by atoms with van der Waals surface area (Å²) in [5.41, 5.74) is 4.99. The van der Waals surface area contributed by atoms with E-state index in [1.807, 2.05) is 6.08 Å². The summed E-state index contributed by atoms with van der Waals surface area (Å²) in [5.74, 6) is 0.475. The first-order valence-corrected chi connectivity index (χ1v) is 16.6. The van der Waals surface area contributed by atoms with Crippen LogP contribution in [-0.2, 0) is 37.2 Å². The molecule has 6 heteroatoms. The minimum Gasteiger partial charge on any atom is -0.386 e. The Kier molecular flexibility index (Phi) is 5.87. The number of aliphatic hydroxyl groups is 1. The van der Waals surface area contributed by atoms with Crippen LogP contribution in [0.15, 0.2) is 41.5 Å². The van der Waals surface area contributed by atoms with Gasteiger partial charge in [-0.3, -0.25) is 0 Å². The van der Waals surface area contributed by atoms with Crippen molar-refractivity contribution in [1.29, 1.82) is 0 Å². The highest BCUT2D eigenvalue weighted by atomic mass is 16.8. The maximum Gasteiger partial charge on any atom is 0.178 e. The summed E-state index contributed by atoms with van der Waals surface area (Å²) in [5, 5.41) is 14.7. The van der Waals surface area contributed by atoms with Crippen molar-refractivity contribution in [1.82, 2.24) is 4.98 Å². The van der Waals surface area contributed by atoms with E-state index in [2.05, 4.69) is 84.6 Å². The number of fused-ring (bicyclic) bond motifs is 9. The molecule has 5 fully saturated rings. The molecule has 0 bridgehead atoms. The monoisotopic (exact) mass is 587 g/mol. The Bertz CT molecular complexity index is 1560. The van der Waals surface area contributed by atoms with Crippen LogP contribution >= 0.6 is 0 Å². The quantitative estimate of drug-likeness (QED) is 0.304. The fraction of sp³-hybridized carbons (Fsp3) is 0.676. The fourth-order valence-corrected chi connectivity index (χ4v) is 10.6. The van der Waals surface area contributed by atoms with Gasteiger partial charge in [0.2, 0.25) is 0 Å². The lowest BCUT2D eigenvalue weighted by molar-refractivity contribution is -0.343. The minimum absolute atomic E-state index is 0.178. The molecule has 3 aliphatic carbocycles. The van der Waals surface area contributed by atoms with Gasteiger partial charge in [-0.2, -0.15) is 0 Å². The summed E-state index contributed by atoms with van der Waals surface area (Å²) >= 11 is 0. The van der Waals surface area contributed by atoms with Gasteiger partial charge >= 0.3 is 0 Å². The second kappa shape index (κ2) is 8.85. The molecule has 43 heavy (non-hydrogen) atoms. The van der Waals surface area contributed by atoms with E-state index >= 15 is 0 Å². The van der Waals surface area contributed by atoms with Crippen molar-refractivity contribution in [3.8, 4) is 0 Å². The van der Waals surface area contributed by atoms with Gasteiger partial charge in [0, 0.05) is 27.4 Å². The van der Waals surface area contributed by atoms with E-state index in [1.165, 1.54) is 33.3 Å². The van der Waals surface area contributed by atoms with Gasteiger partial charge in [-0.05, 0) is 109 Å². The number of aromatic amines is 1. The molecule has 2 N–H and O–H groups in total. The van der Waals surface area contributed by atoms with Gasteiger partial charge in [0.15, 0.2) is 11.9 Å². The first-order chi connectivity index (χ1) is 20.3. The van der Waals surface area contributed by atoms with Crippen molar-refractivity contribution < 1.29 is 24.1 Å². The Labute approximate surface area is 256 Å². The van der Waals surface area contributed by atoms with E-state index in [-0.39, 0.29) is 29.8 Å². The number of hydrogen-bond acceptors (Lipinski definition) is 5. The Morgan fingerprint density at radius 3 is 2.51 bits per heavy atom. The van der Waals surface area contributed by atoms with Crippen molar-refractivity contribution in [3.63, 3.8) is 0 Å². The molecule has 10 atom stereocenters. The second-order valence-corrected chi connectivity index (χ2v) is 16.0. The van der Waals surface area contributed by atoms with Crippen LogP contribution in [0.4, 0.5) is 0 Å². The van der Waals surface area contributed by atoms with Crippen molar-refractivity contribution in [3.05, 3.63) is 58.3 Å². The van der Waals surface area contributed by atoms with Crippen LogP contribution in [0.5, 0.6) is 0 Å². The van der Waals surface area contributed by atoms with E-state index in [0.29, 0.717) is 5.92 Å². The number of allylic oxidation sites excluding steroid dienone is 3. The number of aromatic nitrogens is 1. The zero-order chi connectivity index (χ0) is 30.3. The third-order valence-electron chi connectivity index (χ3n) is 12.9. The summed E-state index contributed by atoms with van der Waals surface area (Å²) in [6, 6.07) is 6.70. The van der Waals surface area contributed by atoms with Crippen LogP contribution in [0.25, 0.3) is 10.9 Å². The third kappa shape index (κ3) is 3.43. The average Bonchev–Trinajstić information content (AvgIpc) is 3.50. The first-order valence-electron chi connectivity index (χ1n) is 16.6. The molecule has 0 unspecified atom stereocenters. The topological polar surface area (TPSA) is 76.2 Å². The molecule has 8 rings (SSSR count). The maximum atomic E-state index is 13.3. The number of benzene rings is 1. The Balaban J connectivity index is 1.21. The number of hydrogen-bond donors (Lipinski definition) is 2. The zero-order valence-corrected chi connectivity index (χ0v) is 27.2.